The van der Waals surface area contributed by atoms with Crippen LogP contribution in [-0.2, 0) is 22.3 Å². The Hall–Kier alpha value is -4.65. The summed E-state index contributed by atoms with van der Waals surface area (Å²) < 4.78 is 59.1. The summed E-state index contributed by atoms with van der Waals surface area (Å²) in [4.78, 5) is 33.5. The molecule has 3 aromatic heterocycles. The number of alkyl halides is 3. The number of fused-ring (bicyclic) bond motifs is 2. The van der Waals surface area contributed by atoms with Crippen LogP contribution in [-0.4, -0.2) is 39.2 Å². The number of methoxy groups -OCH3 is 1. The van der Waals surface area contributed by atoms with Crippen LogP contribution in [0.15, 0.2) is 57.7 Å². The highest BCUT2D eigenvalue weighted by atomic mass is 19.4. The minimum atomic E-state index is -4.83. The maximum absolute atomic E-state index is 14.0. The lowest BCUT2D eigenvalue weighted by Crippen LogP contribution is -2.22. The van der Waals surface area contributed by atoms with Crippen LogP contribution in [0, 0.1) is 0 Å². The molecule has 0 aliphatic heterocycles. The smallest absolute Gasteiger partial charge is 0.433 e. The van der Waals surface area contributed by atoms with Gasteiger partial charge in [-0.25, -0.2) is 9.97 Å². The molecule has 37 heavy (non-hydrogen) atoms. The first kappa shape index (κ1) is 24.1. The fourth-order valence-electron chi connectivity index (χ4n) is 3.96. The van der Waals surface area contributed by atoms with Crippen molar-refractivity contribution in [3.63, 3.8) is 0 Å². The minimum absolute atomic E-state index is 0.0957. The number of amides is 1. The fraction of sp³-hybridized carbons (Fsp3) is 0.167. The molecule has 5 aromatic rings. The number of carbonyl (C=O) groups is 1. The van der Waals surface area contributed by atoms with Gasteiger partial charge in [0.2, 0.25) is 11.8 Å². The van der Waals surface area contributed by atoms with E-state index in [9.17, 15) is 22.8 Å². The number of halogens is 3. The lowest BCUT2D eigenvalue weighted by atomic mass is 10.1. The lowest BCUT2D eigenvalue weighted by Gasteiger charge is -2.08. The van der Waals surface area contributed by atoms with Crippen molar-refractivity contribution in [3.05, 3.63) is 70.3 Å². The first-order valence-corrected chi connectivity index (χ1v) is 10.8. The third-order valence-electron chi connectivity index (χ3n) is 5.50. The van der Waals surface area contributed by atoms with Crippen LogP contribution in [0.5, 0.6) is 5.75 Å². The molecule has 190 valence electrons. The second-order valence-electron chi connectivity index (χ2n) is 7.91. The van der Waals surface area contributed by atoms with Gasteiger partial charge in [0.1, 0.15) is 23.6 Å². The van der Waals surface area contributed by atoms with Crippen molar-refractivity contribution >= 4 is 22.7 Å². The van der Waals surface area contributed by atoms with Gasteiger partial charge < -0.3 is 19.6 Å². The molecule has 0 radical (unpaired) electrons. The first-order chi connectivity index (χ1) is 17.7. The highest BCUT2D eigenvalue weighted by Gasteiger charge is 2.39. The molecule has 5 rings (SSSR count). The van der Waals surface area contributed by atoms with Gasteiger partial charge in [-0.3, -0.25) is 14.7 Å². The van der Waals surface area contributed by atoms with Crippen molar-refractivity contribution in [1.29, 1.82) is 0 Å². The Morgan fingerprint density at radius 1 is 1.11 bits per heavy atom. The zero-order valence-electron chi connectivity index (χ0n) is 19.1. The number of H-pyrrole nitrogens is 1. The maximum Gasteiger partial charge on any atom is 0.433 e. The molecule has 0 unspecified atom stereocenters. The van der Waals surface area contributed by atoms with Gasteiger partial charge in [0.05, 0.1) is 25.0 Å². The molecule has 0 fully saturated rings. The van der Waals surface area contributed by atoms with Crippen LogP contribution in [0.3, 0.4) is 0 Å². The van der Waals surface area contributed by atoms with E-state index in [1.165, 1.54) is 19.2 Å². The summed E-state index contributed by atoms with van der Waals surface area (Å²) in [6.07, 6.45) is -4.83. The van der Waals surface area contributed by atoms with Crippen LogP contribution in [0.2, 0.25) is 0 Å². The van der Waals surface area contributed by atoms with Crippen LogP contribution in [0.4, 0.5) is 13.2 Å². The van der Waals surface area contributed by atoms with Crippen LogP contribution in [0.1, 0.15) is 11.4 Å². The number of rotatable bonds is 7. The van der Waals surface area contributed by atoms with Gasteiger partial charge in [-0.1, -0.05) is 36.4 Å². The summed E-state index contributed by atoms with van der Waals surface area (Å²) in [7, 11) is 1.43. The molecule has 3 N–H and O–H groups in total. The monoisotopic (exact) mass is 513 g/mol. The molecule has 0 aliphatic rings. The number of nitrogens with one attached hydrogen (secondary N) is 1. The van der Waals surface area contributed by atoms with Crippen molar-refractivity contribution in [1.82, 2.24) is 19.6 Å². The summed E-state index contributed by atoms with van der Waals surface area (Å²) in [6, 6.07) is 12.6. The highest BCUT2D eigenvalue weighted by Crippen LogP contribution is 2.39. The molecule has 0 spiro atoms. The van der Waals surface area contributed by atoms with Gasteiger partial charge in [0.15, 0.2) is 16.7 Å². The lowest BCUT2D eigenvalue weighted by molar-refractivity contribution is -0.140. The SMILES string of the molecule is COc1cccc2oc(-c3c(COCC(N)=O)nc4c(-c5ccccc5)c(C(F)(F)F)[nH]n4c3=O)nc12. The summed E-state index contributed by atoms with van der Waals surface area (Å²) in [5.74, 6) is -0.635. The molecule has 10 nitrogen and oxygen atoms in total. The number of benzene rings is 2. The molecule has 0 bridgehead atoms. The van der Waals surface area contributed by atoms with E-state index in [4.69, 9.17) is 19.6 Å². The number of nitrogens with zero attached hydrogens (tertiary/aromatic N) is 3. The predicted molar refractivity (Wildman–Crippen MR) is 125 cm³/mol. The quantitative estimate of drug-likeness (QED) is 0.340. The number of para-hydroxylation sites is 1. The van der Waals surface area contributed by atoms with Crippen molar-refractivity contribution < 1.29 is 31.9 Å². The molecular weight excluding hydrogens is 495 g/mol. The standard InChI is InChI=1S/C24H18F3N5O5/c1-35-14-8-5-9-15-19(14)30-22(37-15)18-13(10-36-11-16(28)33)29-21-17(12-6-3-2-4-7-12)20(24(25,26)27)31-32(21)23(18)34/h2-9,31H,10-11H2,1H3,(H2,28,33). The van der Waals surface area contributed by atoms with Crippen molar-refractivity contribution in [3.8, 4) is 28.3 Å². The highest BCUT2D eigenvalue weighted by molar-refractivity contribution is 5.84. The van der Waals surface area contributed by atoms with E-state index in [2.05, 4.69) is 15.1 Å². The molecule has 0 saturated heterocycles. The largest absolute Gasteiger partial charge is 0.494 e. The van der Waals surface area contributed by atoms with Gasteiger partial charge in [-0.05, 0) is 17.7 Å². The number of primary amides is 1. The number of hydrogen-bond acceptors (Lipinski definition) is 7. The van der Waals surface area contributed by atoms with Crippen LogP contribution in [0.25, 0.3) is 39.3 Å². The predicted octanol–water partition coefficient (Wildman–Crippen LogP) is 3.53. The molecule has 0 saturated carbocycles. The zero-order valence-corrected chi connectivity index (χ0v) is 19.1. The molecular formula is C24H18F3N5O5. The van der Waals surface area contributed by atoms with E-state index in [1.54, 1.807) is 36.4 Å². The maximum atomic E-state index is 14.0. The molecule has 0 atom stereocenters. The second kappa shape index (κ2) is 9.09. The minimum Gasteiger partial charge on any atom is -0.494 e. The van der Waals surface area contributed by atoms with Crippen LogP contribution >= 0.6 is 0 Å². The Balaban J connectivity index is 1.82. The summed E-state index contributed by atoms with van der Waals surface area (Å²) in [5.41, 5.74) is 2.84. The third-order valence-corrected chi connectivity index (χ3v) is 5.50. The number of nitrogens with two attached hydrogens (primary N) is 1. The van der Waals surface area contributed by atoms with Crippen molar-refractivity contribution in [2.45, 2.75) is 12.8 Å². The van der Waals surface area contributed by atoms with E-state index in [0.29, 0.717) is 15.8 Å². The zero-order chi connectivity index (χ0) is 26.3. The van der Waals surface area contributed by atoms with Gasteiger partial charge in [-0.15, -0.1) is 0 Å². The van der Waals surface area contributed by atoms with E-state index < -0.39 is 36.6 Å². The number of aromatic amines is 1. The van der Waals surface area contributed by atoms with Crippen molar-refractivity contribution in [2.24, 2.45) is 5.73 Å². The van der Waals surface area contributed by atoms with Crippen molar-refractivity contribution in [2.75, 3.05) is 13.7 Å². The van der Waals surface area contributed by atoms with Gasteiger partial charge in [0, 0.05) is 0 Å². The Morgan fingerprint density at radius 2 is 1.86 bits per heavy atom. The van der Waals surface area contributed by atoms with E-state index in [1.807, 2.05) is 0 Å². The first-order valence-electron chi connectivity index (χ1n) is 10.8. The summed E-state index contributed by atoms with van der Waals surface area (Å²) in [6.45, 7) is -0.936. The fourth-order valence-corrected chi connectivity index (χ4v) is 3.96. The van der Waals surface area contributed by atoms with E-state index >= 15 is 0 Å². The number of aromatic nitrogens is 4. The molecule has 3 heterocycles. The Kier molecular flexibility index (Phi) is 5.91. The molecule has 1 amide bonds. The molecule has 13 heteroatoms. The number of carbonyl (C=O) groups excluding carboxylic acids is 1. The van der Waals surface area contributed by atoms with Gasteiger partial charge >= 0.3 is 6.18 Å². The second-order valence-corrected chi connectivity index (χ2v) is 7.91. The molecule has 0 aliphatic carbocycles. The third kappa shape index (κ3) is 4.29. The van der Waals surface area contributed by atoms with E-state index in [0.717, 1.165) is 0 Å². The summed E-state index contributed by atoms with van der Waals surface area (Å²) >= 11 is 0. The van der Waals surface area contributed by atoms with Crippen LogP contribution < -0.4 is 16.0 Å². The normalized spacial score (nSPS) is 11.9. The van der Waals surface area contributed by atoms with Gasteiger partial charge in [0.25, 0.3) is 5.56 Å². The Morgan fingerprint density at radius 3 is 2.54 bits per heavy atom. The summed E-state index contributed by atoms with van der Waals surface area (Å²) in [5, 5.41) is 2.15. The van der Waals surface area contributed by atoms with Gasteiger partial charge in [-0.2, -0.15) is 17.7 Å². The topological polar surface area (TPSA) is 138 Å². The number of hydrogen-bond donors (Lipinski definition) is 2. The Bertz CT molecular complexity index is 1690. The van der Waals surface area contributed by atoms with E-state index in [-0.39, 0.29) is 39.5 Å². The molecule has 2 aromatic carbocycles. The average Bonchev–Trinajstić information content (AvgIpc) is 3.46. The number of ether oxygens (including phenoxy) is 2. The Labute approximate surface area is 205 Å². The average molecular weight is 513 g/mol. The number of oxazole rings is 1.